The molecule has 90 valence electrons. The van der Waals surface area contributed by atoms with Crippen molar-refractivity contribution in [3.63, 3.8) is 0 Å². The molecule has 0 bridgehead atoms. The first-order chi connectivity index (χ1) is 8.86. The average molecular weight is 240 g/mol. The van der Waals surface area contributed by atoms with Crippen molar-refractivity contribution < 1.29 is 9.53 Å². The van der Waals surface area contributed by atoms with E-state index in [2.05, 4.69) is 16.0 Å². The van der Waals surface area contributed by atoms with Crippen LogP contribution in [0.15, 0.2) is 30.6 Å². The van der Waals surface area contributed by atoms with Crippen LogP contribution in [0.3, 0.4) is 0 Å². The quantitative estimate of drug-likeness (QED) is 0.756. The van der Waals surface area contributed by atoms with Gasteiger partial charge < -0.3 is 4.74 Å². The van der Waals surface area contributed by atoms with Gasteiger partial charge in [0.25, 0.3) is 0 Å². The van der Waals surface area contributed by atoms with Crippen molar-refractivity contribution in [2.45, 2.75) is 12.8 Å². The Labute approximate surface area is 105 Å². The number of benzene rings is 1. The van der Waals surface area contributed by atoms with Crippen LogP contribution in [-0.2, 0) is 6.42 Å². The number of carbonyl (C=O) groups is 1. The number of aromatic nitrogens is 2. The molecule has 2 aromatic rings. The highest BCUT2D eigenvalue weighted by Gasteiger charge is 2.11. The molecule has 0 fully saturated rings. The maximum atomic E-state index is 10.7. The summed E-state index contributed by atoms with van der Waals surface area (Å²) in [6.45, 7) is 0.787. The summed E-state index contributed by atoms with van der Waals surface area (Å²) in [6, 6.07) is 7.69. The topological polar surface area (TPSA) is 52.1 Å². The molecule has 0 saturated carbocycles. The van der Waals surface area contributed by atoms with E-state index in [1.54, 1.807) is 6.07 Å². The third-order valence-corrected chi connectivity index (χ3v) is 3.01. The molecule has 1 aromatic heterocycles. The predicted octanol–water partition coefficient (Wildman–Crippen LogP) is 2.28. The number of rotatable bonds is 2. The molecule has 4 nitrogen and oxygen atoms in total. The fourth-order valence-electron chi connectivity index (χ4n) is 2.11. The molecule has 0 saturated heterocycles. The van der Waals surface area contributed by atoms with Gasteiger partial charge in [-0.1, -0.05) is 0 Å². The van der Waals surface area contributed by atoms with Crippen molar-refractivity contribution in [3.8, 4) is 17.0 Å². The van der Waals surface area contributed by atoms with Crippen LogP contribution in [0.1, 0.15) is 22.5 Å². The number of carbonyl (C=O) groups excluding carboxylic acids is 1. The van der Waals surface area contributed by atoms with E-state index in [1.165, 1.54) is 11.9 Å². The van der Waals surface area contributed by atoms with E-state index >= 15 is 0 Å². The zero-order valence-electron chi connectivity index (χ0n) is 9.80. The van der Waals surface area contributed by atoms with Gasteiger partial charge in [0.1, 0.15) is 17.8 Å². The van der Waals surface area contributed by atoms with E-state index in [9.17, 15) is 4.79 Å². The fourth-order valence-corrected chi connectivity index (χ4v) is 2.11. The normalized spacial score (nSPS) is 13.6. The summed E-state index contributed by atoms with van der Waals surface area (Å²) in [7, 11) is 0. The molecule has 1 aliphatic heterocycles. The van der Waals surface area contributed by atoms with Crippen LogP contribution in [0, 0.1) is 0 Å². The monoisotopic (exact) mass is 240 g/mol. The second kappa shape index (κ2) is 4.56. The largest absolute Gasteiger partial charge is 0.493 e. The number of nitrogens with zero attached hydrogens (tertiary/aromatic N) is 2. The van der Waals surface area contributed by atoms with Gasteiger partial charge in [0.15, 0.2) is 6.29 Å². The second-order valence-corrected chi connectivity index (χ2v) is 4.22. The number of ether oxygens (including phenoxy) is 1. The molecule has 0 radical (unpaired) electrons. The maximum Gasteiger partial charge on any atom is 0.168 e. The van der Waals surface area contributed by atoms with Crippen molar-refractivity contribution in [2.75, 3.05) is 6.61 Å². The van der Waals surface area contributed by atoms with Gasteiger partial charge in [0.05, 0.1) is 12.3 Å². The van der Waals surface area contributed by atoms with E-state index < -0.39 is 0 Å². The summed E-state index contributed by atoms with van der Waals surface area (Å²) in [5.41, 5.74) is 3.35. The zero-order valence-corrected chi connectivity index (χ0v) is 9.80. The molecule has 0 aliphatic carbocycles. The van der Waals surface area contributed by atoms with Gasteiger partial charge in [-0.2, -0.15) is 0 Å². The van der Waals surface area contributed by atoms with Crippen molar-refractivity contribution in [3.05, 3.63) is 41.9 Å². The minimum atomic E-state index is 0.397. The standard InChI is InChI=1S/C14H12N2O2/c17-8-12-7-13(16-9-15-12)10-3-4-14-11(6-10)2-1-5-18-14/h3-4,6-9H,1-2,5H2. The maximum absolute atomic E-state index is 10.7. The Hall–Kier alpha value is -2.23. The fraction of sp³-hybridized carbons (Fsp3) is 0.214. The lowest BCUT2D eigenvalue weighted by Crippen LogP contribution is -2.08. The Balaban J connectivity index is 2.03. The van der Waals surface area contributed by atoms with Gasteiger partial charge in [-0.05, 0) is 42.7 Å². The summed E-state index contributed by atoms with van der Waals surface area (Å²) in [4.78, 5) is 18.8. The number of fused-ring (bicyclic) bond motifs is 1. The molecule has 0 N–H and O–H groups in total. The molecule has 2 heterocycles. The smallest absolute Gasteiger partial charge is 0.168 e. The van der Waals surface area contributed by atoms with Crippen molar-refractivity contribution >= 4 is 6.29 Å². The number of hydrogen-bond acceptors (Lipinski definition) is 4. The van der Waals surface area contributed by atoms with E-state index in [-0.39, 0.29) is 0 Å². The molecular formula is C14H12N2O2. The number of hydrogen-bond donors (Lipinski definition) is 0. The van der Waals surface area contributed by atoms with Gasteiger partial charge in [-0.25, -0.2) is 9.97 Å². The van der Waals surface area contributed by atoms with Gasteiger partial charge in [0, 0.05) is 5.56 Å². The van der Waals surface area contributed by atoms with E-state index in [0.29, 0.717) is 5.69 Å². The van der Waals surface area contributed by atoms with Crippen LogP contribution < -0.4 is 4.74 Å². The average Bonchev–Trinajstić information content (AvgIpc) is 2.47. The summed E-state index contributed by atoms with van der Waals surface area (Å²) < 4.78 is 5.57. The van der Waals surface area contributed by atoms with E-state index in [1.807, 2.05) is 12.1 Å². The number of aldehydes is 1. The highest BCUT2D eigenvalue weighted by atomic mass is 16.5. The van der Waals surface area contributed by atoms with E-state index in [0.717, 1.165) is 42.7 Å². The highest BCUT2D eigenvalue weighted by molar-refractivity contribution is 5.75. The van der Waals surface area contributed by atoms with Crippen LogP contribution in [0.25, 0.3) is 11.3 Å². The lowest BCUT2D eigenvalue weighted by Gasteiger charge is -2.17. The van der Waals surface area contributed by atoms with Gasteiger partial charge in [0.2, 0.25) is 0 Å². The molecule has 3 rings (SSSR count). The summed E-state index contributed by atoms with van der Waals surface area (Å²) >= 11 is 0. The van der Waals surface area contributed by atoms with Crippen LogP contribution in [-0.4, -0.2) is 22.9 Å². The Morgan fingerprint density at radius 1 is 1.22 bits per heavy atom. The first-order valence-corrected chi connectivity index (χ1v) is 5.90. The molecule has 1 aliphatic rings. The summed E-state index contributed by atoms with van der Waals surface area (Å²) in [5, 5.41) is 0. The molecular weight excluding hydrogens is 228 g/mol. The molecule has 0 spiro atoms. The SMILES string of the molecule is O=Cc1cc(-c2ccc3c(c2)CCCO3)ncn1. The molecule has 1 aromatic carbocycles. The lowest BCUT2D eigenvalue weighted by molar-refractivity contribution is 0.111. The highest BCUT2D eigenvalue weighted by Crippen LogP contribution is 2.29. The Morgan fingerprint density at radius 2 is 2.17 bits per heavy atom. The Kier molecular flexibility index (Phi) is 2.76. The summed E-state index contributed by atoms with van der Waals surface area (Å²) in [6.07, 6.45) is 4.20. The van der Waals surface area contributed by atoms with Crippen LogP contribution >= 0.6 is 0 Å². The van der Waals surface area contributed by atoms with Crippen molar-refractivity contribution in [1.29, 1.82) is 0 Å². The van der Waals surface area contributed by atoms with Crippen LogP contribution in [0.5, 0.6) is 5.75 Å². The first kappa shape index (κ1) is 10.9. The molecule has 0 atom stereocenters. The van der Waals surface area contributed by atoms with Crippen molar-refractivity contribution in [1.82, 2.24) is 9.97 Å². The van der Waals surface area contributed by atoms with Gasteiger partial charge in [-0.3, -0.25) is 4.79 Å². The number of aryl methyl sites for hydroxylation is 1. The summed E-state index contributed by atoms with van der Waals surface area (Å²) in [5.74, 6) is 0.953. The van der Waals surface area contributed by atoms with Crippen LogP contribution in [0.2, 0.25) is 0 Å². The Bertz CT molecular complexity index is 596. The molecule has 18 heavy (non-hydrogen) atoms. The van der Waals surface area contributed by atoms with E-state index in [4.69, 9.17) is 4.74 Å². The predicted molar refractivity (Wildman–Crippen MR) is 66.7 cm³/mol. The third-order valence-electron chi connectivity index (χ3n) is 3.01. The lowest BCUT2D eigenvalue weighted by atomic mass is 10.0. The van der Waals surface area contributed by atoms with Crippen molar-refractivity contribution in [2.24, 2.45) is 0 Å². The van der Waals surface area contributed by atoms with Gasteiger partial charge in [-0.15, -0.1) is 0 Å². The Morgan fingerprint density at radius 3 is 3.06 bits per heavy atom. The van der Waals surface area contributed by atoms with Gasteiger partial charge >= 0.3 is 0 Å². The first-order valence-electron chi connectivity index (χ1n) is 5.90. The minimum absolute atomic E-state index is 0.397. The second-order valence-electron chi connectivity index (χ2n) is 4.22. The molecule has 0 unspecified atom stereocenters. The zero-order chi connectivity index (χ0) is 12.4. The third kappa shape index (κ3) is 1.97. The minimum Gasteiger partial charge on any atom is -0.493 e. The van der Waals surface area contributed by atoms with Crippen LogP contribution in [0.4, 0.5) is 0 Å². The molecule has 0 amide bonds. The molecule has 4 heteroatoms.